The summed E-state index contributed by atoms with van der Waals surface area (Å²) >= 11 is 6.32. The summed E-state index contributed by atoms with van der Waals surface area (Å²) in [7, 11) is 0. The summed E-state index contributed by atoms with van der Waals surface area (Å²) in [6.45, 7) is 3.69. The van der Waals surface area contributed by atoms with E-state index in [0.29, 0.717) is 40.5 Å². The Bertz CT molecular complexity index is 598. The maximum absolute atomic E-state index is 12.0. The minimum Gasteiger partial charge on any atom is -0.489 e. The lowest BCUT2D eigenvalue weighted by Crippen LogP contribution is -2.17. The third kappa shape index (κ3) is 1.77. The Kier molecular flexibility index (Phi) is 2.90. The Hall–Kier alpha value is -1.75. The molecule has 0 amide bonds. The molecule has 5 nitrogen and oxygen atoms in total. The first-order valence-corrected chi connectivity index (χ1v) is 6.76. The third-order valence-electron chi connectivity index (χ3n) is 3.58. The molecule has 20 heavy (non-hydrogen) atoms. The van der Waals surface area contributed by atoms with Crippen LogP contribution in [0.25, 0.3) is 0 Å². The van der Waals surface area contributed by atoms with Crippen LogP contribution < -0.4 is 9.47 Å². The number of hydrogen-bond donors (Lipinski definition) is 1. The largest absolute Gasteiger partial charge is 0.489 e. The van der Waals surface area contributed by atoms with Gasteiger partial charge in [0.15, 0.2) is 0 Å². The quantitative estimate of drug-likeness (QED) is 0.669. The highest BCUT2D eigenvalue weighted by molar-refractivity contribution is 6.42. The Morgan fingerprint density at radius 1 is 1.10 bits per heavy atom. The number of ketones is 1. The number of rotatable bonds is 2. The molecule has 1 N–H and O–H groups in total. The number of halogens is 1. The lowest BCUT2D eigenvalue weighted by atomic mass is 9.95. The summed E-state index contributed by atoms with van der Waals surface area (Å²) in [6, 6.07) is 0. The third-order valence-corrected chi connectivity index (χ3v) is 3.98. The molecule has 1 aromatic rings. The molecule has 2 unspecified atom stereocenters. The Balaban J connectivity index is 2.28. The molecule has 0 aromatic heterocycles. The van der Waals surface area contributed by atoms with Crippen LogP contribution in [0.5, 0.6) is 11.5 Å². The van der Waals surface area contributed by atoms with Crippen molar-refractivity contribution in [2.24, 2.45) is 0 Å². The van der Waals surface area contributed by atoms with E-state index in [1.165, 1.54) is 0 Å². The molecular formula is C14H13ClO5. The number of aliphatic carboxylic acids is 1. The minimum atomic E-state index is -1.50. The smallest absolute Gasteiger partial charge is 0.377 e. The maximum Gasteiger partial charge on any atom is 0.377 e. The summed E-state index contributed by atoms with van der Waals surface area (Å²) in [5.41, 5.74) is 1.31. The number of carboxylic acids is 1. The van der Waals surface area contributed by atoms with Crippen molar-refractivity contribution < 1.29 is 24.2 Å². The first-order chi connectivity index (χ1) is 9.40. The fraction of sp³-hybridized carbons (Fsp3) is 0.429. The standard InChI is InChI=1S/C14H13ClO5/c1-5-3-7-9(11(16)14(17)18)12-8(4-6(2)19-12)10(15)13(7)20-5/h5-6H,3-4H2,1-2H3,(H,17,18). The topological polar surface area (TPSA) is 72.8 Å². The van der Waals surface area contributed by atoms with Crippen molar-refractivity contribution in [2.45, 2.75) is 38.9 Å². The molecule has 0 bridgehead atoms. The average Bonchev–Trinajstić information content (AvgIpc) is 2.92. The molecule has 106 valence electrons. The van der Waals surface area contributed by atoms with Crippen LogP contribution in [0.15, 0.2) is 0 Å². The van der Waals surface area contributed by atoms with Crippen LogP contribution >= 0.6 is 11.6 Å². The highest BCUT2D eigenvalue weighted by Crippen LogP contribution is 2.49. The van der Waals surface area contributed by atoms with E-state index in [9.17, 15) is 9.59 Å². The van der Waals surface area contributed by atoms with E-state index in [-0.39, 0.29) is 17.8 Å². The van der Waals surface area contributed by atoms with Crippen LogP contribution in [0.3, 0.4) is 0 Å². The van der Waals surface area contributed by atoms with E-state index < -0.39 is 11.8 Å². The second-order valence-electron chi connectivity index (χ2n) is 5.20. The fourth-order valence-electron chi connectivity index (χ4n) is 2.81. The van der Waals surface area contributed by atoms with Crippen LogP contribution in [0.2, 0.25) is 5.02 Å². The van der Waals surface area contributed by atoms with Crippen molar-refractivity contribution in [3.63, 3.8) is 0 Å². The van der Waals surface area contributed by atoms with Gasteiger partial charge in [0, 0.05) is 24.0 Å². The molecule has 1 aromatic carbocycles. The molecule has 2 aliphatic rings. The van der Waals surface area contributed by atoms with Gasteiger partial charge in [-0.3, -0.25) is 4.79 Å². The number of benzene rings is 1. The van der Waals surface area contributed by atoms with Crippen LogP contribution in [0.1, 0.15) is 35.3 Å². The predicted molar refractivity (Wildman–Crippen MR) is 71.0 cm³/mol. The molecule has 0 radical (unpaired) electrons. The van der Waals surface area contributed by atoms with Crippen LogP contribution in [0, 0.1) is 0 Å². The van der Waals surface area contributed by atoms with E-state index in [0.717, 1.165) is 0 Å². The Morgan fingerprint density at radius 2 is 1.65 bits per heavy atom. The number of carbonyl (C=O) groups excluding carboxylic acids is 1. The molecule has 0 fully saturated rings. The number of Topliss-reactive ketones (excluding diaryl/α,β-unsaturated/α-hetero) is 1. The van der Waals surface area contributed by atoms with Gasteiger partial charge in [-0.15, -0.1) is 0 Å². The number of ether oxygens (including phenoxy) is 2. The van der Waals surface area contributed by atoms with Crippen molar-refractivity contribution in [1.29, 1.82) is 0 Å². The number of carbonyl (C=O) groups is 2. The average molecular weight is 297 g/mol. The van der Waals surface area contributed by atoms with Gasteiger partial charge in [0.05, 0.1) is 10.6 Å². The fourth-order valence-corrected chi connectivity index (χ4v) is 3.13. The van der Waals surface area contributed by atoms with E-state index >= 15 is 0 Å². The van der Waals surface area contributed by atoms with E-state index in [4.69, 9.17) is 26.2 Å². The molecule has 3 rings (SSSR count). The summed E-state index contributed by atoms with van der Waals surface area (Å²) < 4.78 is 11.3. The SMILES string of the molecule is CC1Cc2c(c(Cl)c3c(c2C(=O)C(=O)O)OC(C)C3)O1. The summed E-state index contributed by atoms with van der Waals surface area (Å²) in [5.74, 6) is -1.73. The molecule has 0 aliphatic carbocycles. The second kappa shape index (κ2) is 4.38. The van der Waals surface area contributed by atoms with Gasteiger partial charge >= 0.3 is 5.97 Å². The van der Waals surface area contributed by atoms with Crippen molar-refractivity contribution in [2.75, 3.05) is 0 Å². The van der Waals surface area contributed by atoms with Crippen molar-refractivity contribution in [3.8, 4) is 11.5 Å². The zero-order valence-electron chi connectivity index (χ0n) is 11.0. The van der Waals surface area contributed by atoms with Crippen molar-refractivity contribution >= 4 is 23.4 Å². The molecular weight excluding hydrogens is 284 g/mol. The monoisotopic (exact) mass is 296 g/mol. The lowest BCUT2D eigenvalue weighted by molar-refractivity contribution is -0.131. The number of carboxylic acid groups (broad SMARTS) is 1. The van der Waals surface area contributed by atoms with Crippen LogP contribution in [0.4, 0.5) is 0 Å². The maximum atomic E-state index is 12.0. The molecule has 2 atom stereocenters. The molecule has 0 spiro atoms. The van der Waals surface area contributed by atoms with Crippen LogP contribution in [-0.2, 0) is 17.6 Å². The highest BCUT2D eigenvalue weighted by Gasteiger charge is 2.38. The van der Waals surface area contributed by atoms with Gasteiger partial charge in [-0.1, -0.05) is 11.6 Å². The molecule has 0 saturated heterocycles. The summed E-state index contributed by atoms with van der Waals surface area (Å²) in [4.78, 5) is 23.1. The van der Waals surface area contributed by atoms with Gasteiger partial charge in [-0.25, -0.2) is 4.79 Å². The first kappa shape index (κ1) is 13.2. The molecule has 2 aliphatic heterocycles. The second-order valence-corrected chi connectivity index (χ2v) is 5.58. The van der Waals surface area contributed by atoms with Gasteiger partial charge < -0.3 is 14.6 Å². The van der Waals surface area contributed by atoms with Gasteiger partial charge in [0.1, 0.15) is 23.7 Å². The lowest BCUT2D eigenvalue weighted by Gasteiger charge is -2.12. The van der Waals surface area contributed by atoms with E-state index in [2.05, 4.69) is 0 Å². The molecule has 2 heterocycles. The molecule has 6 heteroatoms. The van der Waals surface area contributed by atoms with Gasteiger partial charge in [-0.05, 0) is 13.8 Å². The van der Waals surface area contributed by atoms with Gasteiger partial charge in [-0.2, -0.15) is 0 Å². The zero-order valence-corrected chi connectivity index (χ0v) is 11.8. The molecule has 0 saturated carbocycles. The predicted octanol–water partition coefficient (Wildman–Crippen LogP) is 2.25. The van der Waals surface area contributed by atoms with Crippen LogP contribution in [-0.4, -0.2) is 29.1 Å². The highest BCUT2D eigenvalue weighted by atomic mass is 35.5. The van der Waals surface area contributed by atoms with Crippen molar-refractivity contribution in [3.05, 3.63) is 21.7 Å². The first-order valence-electron chi connectivity index (χ1n) is 6.38. The van der Waals surface area contributed by atoms with Gasteiger partial charge in [0.2, 0.25) is 0 Å². The zero-order chi connectivity index (χ0) is 14.6. The van der Waals surface area contributed by atoms with E-state index in [1.807, 2.05) is 13.8 Å². The van der Waals surface area contributed by atoms with E-state index in [1.54, 1.807) is 0 Å². The Morgan fingerprint density at radius 3 is 2.25 bits per heavy atom. The normalized spacial score (nSPS) is 22.8. The summed E-state index contributed by atoms with van der Waals surface area (Å²) in [6.07, 6.45) is 0.721. The van der Waals surface area contributed by atoms with Gasteiger partial charge in [0.25, 0.3) is 5.78 Å². The Labute approximate surface area is 120 Å². The number of hydrogen-bond acceptors (Lipinski definition) is 4. The number of fused-ring (bicyclic) bond motifs is 2. The van der Waals surface area contributed by atoms with Crippen molar-refractivity contribution in [1.82, 2.24) is 0 Å². The minimum absolute atomic E-state index is 0.0978. The summed E-state index contributed by atoms with van der Waals surface area (Å²) in [5, 5.41) is 9.46.